The van der Waals surface area contributed by atoms with Crippen molar-refractivity contribution in [3.8, 4) is 0 Å². The smallest absolute Gasteiger partial charge is 0.257 e. The van der Waals surface area contributed by atoms with Gasteiger partial charge in [0.25, 0.3) is 5.91 Å². The molecule has 0 saturated carbocycles. The summed E-state index contributed by atoms with van der Waals surface area (Å²) in [7, 11) is 0. The molecule has 19 heavy (non-hydrogen) atoms. The maximum atomic E-state index is 11.7. The van der Waals surface area contributed by atoms with Crippen molar-refractivity contribution in [2.45, 2.75) is 13.0 Å². The van der Waals surface area contributed by atoms with E-state index in [-0.39, 0.29) is 17.8 Å². The van der Waals surface area contributed by atoms with Crippen LogP contribution in [0.2, 0.25) is 0 Å². The Morgan fingerprint density at radius 1 is 1.26 bits per heavy atom. The largest absolute Gasteiger partial charge is 0.368 e. The Balaban J connectivity index is 1.72. The van der Waals surface area contributed by atoms with E-state index >= 15 is 0 Å². The molecular weight excluding hydrogens is 240 g/mol. The highest BCUT2D eigenvalue weighted by molar-refractivity contribution is 6.16. The molecule has 0 bridgehead atoms. The highest BCUT2D eigenvalue weighted by atomic mass is 16.1. The number of nitrogens with zero attached hydrogens (tertiary/aromatic N) is 3. The zero-order valence-electron chi connectivity index (χ0n) is 10.6. The number of carbonyl (C=O) groups excluding carboxylic acids is 1. The standard InChI is InChI=1S/C14H16N4O/c15-14-16-12-9-18(7-6-11(12)13(19)17-14)8-10-4-2-1-3-5-10/h1-5,11H,6-9H2,(H2,15,17,19)/t11-/m0/s1. The molecule has 1 aromatic carbocycles. The molecular formula is C14H16N4O. The van der Waals surface area contributed by atoms with Crippen LogP contribution in [0.15, 0.2) is 40.3 Å². The predicted molar refractivity (Wildman–Crippen MR) is 73.9 cm³/mol. The van der Waals surface area contributed by atoms with Crippen LogP contribution in [0.3, 0.4) is 0 Å². The van der Waals surface area contributed by atoms with Gasteiger partial charge in [0.05, 0.1) is 5.92 Å². The number of piperidine rings is 1. The maximum absolute atomic E-state index is 11.7. The lowest BCUT2D eigenvalue weighted by atomic mass is 9.92. The molecule has 0 aromatic heterocycles. The zero-order valence-corrected chi connectivity index (χ0v) is 10.6. The Kier molecular flexibility index (Phi) is 3.13. The fourth-order valence-electron chi connectivity index (χ4n) is 2.62. The summed E-state index contributed by atoms with van der Waals surface area (Å²) >= 11 is 0. The lowest BCUT2D eigenvalue weighted by Gasteiger charge is -2.33. The molecule has 0 aliphatic carbocycles. The van der Waals surface area contributed by atoms with Gasteiger partial charge in [0.2, 0.25) is 5.96 Å². The molecule has 1 aromatic rings. The highest BCUT2D eigenvalue weighted by Gasteiger charge is 2.33. The minimum absolute atomic E-state index is 0.0952. The van der Waals surface area contributed by atoms with Gasteiger partial charge < -0.3 is 5.73 Å². The van der Waals surface area contributed by atoms with Crippen molar-refractivity contribution in [1.29, 1.82) is 0 Å². The van der Waals surface area contributed by atoms with Crippen LogP contribution in [0.4, 0.5) is 0 Å². The van der Waals surface area contributed by atoms with E-state index in [1.165, 1.54) is 5.56 Å². The van der Waals surface area contributed by atoms with Gasteiger partial charge in [-0.2, -0.15) is 4.99 Å². The van der Waals surface area contributed by atoms with E-state index < -0.39 is 0 Å². The lowest BCUT2D eigenvalue weighted by molar-refractivity contribution is -0.120. The van der Waals surface area contributed by atoms with E-state index in [9.17, 15) is 4.79 Å². The molecule has 0 radical (unpaired) electrons. The van der Waals surface area contributed by atoms with Crippen molar-refractivity contribution in [2.24, 2.45) is 21.6 Å². The van der Waals surface area contributed by atoms with E-state index in [0.717, 1.165) is 25.2 Å². The summed E-state index contributed by atoms with van der Waals surface area (Å²) in [6.45, 7) is 2.46. The average Bonchev–Trinajstić information content (AvgIpc) is 2.39. The van der Waals surface area contributed by atoms with Gasteiger partial charge in [-0.1, -0.05) is 30.3 Å². The lowest BCUT2D eigenvalue weighted by Crippen LogP contribution is -2.45. The van der Waals surface area contributed by atoms with Gasteiger partial charge in [0.1, 0.15) is 0 Å². The number of benzene rings is 1. The number of hydrogen-bond acceptors (Lipinski definition) is 4. The van der Waals surface area contributed by atoms with E-state index in [1.807, 2.05) is 18.2 Å². The monoisotopic (exact) mass is 256 g/mol. The second kappa shape index (κ2) is 4.93. The molecule has 1 saturated heterocycles. The quantitative estimate of drug-likeness (QED) is 0.851. The van der Waals surface area contributed by atoms with Gasteiger partial charge in [-0.15, -0.1) is 0 Å². The number of amides is 1. The predicted octanol–water partition coefficient (Wildman–Crippen LogP) is 0.804. The summed E-state index contributed by atoms with van der Waals surface area (Å²) < 4.78 is 0. The van der Waals surface area contributed by atoms with Crippen LogP contribution in [0, 0.1) is 5.92 Å². The van der Waals surface area contributed by atoms with Crippen LogP contribution < -0.4 is 5.73 Å². The van der Waals surface area contributed by atoms with Gasteiger partial charge in [-0.25, -0.2) is 4.99 Å². The van der Waals surface area contributed by atoms with Crippen LogP contribution in [0.25, 0.3) is 0 Å². The number of carbonyl (C=O) groups is 1. The Bertz CT molecular complexity index is 550. The Hall–Kier alpha value is -2.01. The molecule has 1 fully saturated rings. The fourth-order valence-corrected chi connectivity index (χ4v) is 2.62. The Labute approximate surface area is 111 Å². The van der Waals surface area contributed by atoms with Gasteiger partial charge in [-0.05, 0) is 12.0 Å². The molecule has 98 valence electrons. The van der Waals surface area contributed by atoms with Crippen LogP contribution in [-0.4, -0.2) is 35.6 Å². The van der Waals surface area contributed by atoms with Gasteiger partial charge in [0, 0.05) is 25.3 Å². The summed E-state index contributed by atoms with van der Waals surface area (Å²) in [6, 6.07) is 10.3. The van der Waals surface area contributed by atoms with Crippen LogP contribution >= 0.6 is 0 Å². The van der Waals surface area contributed by atoms with Crippen molar-refractivity contribution in [1.82, 2.24) is 4.90 Å². The minimum Gasteiger partial charge on any atom is -0.368 e. The van der Waals surface area contributed by atoms with Gasteiger partial charge >= 0.3 is 0 Å². The molecule has 1 atom stereocenters. The van der Waals surface area contributed by atoms with E-state index in [0.29, 0.717) is 6.54 Å². The minimum atomic E-state index is -0.153. The molecule has 0 spiro atoms. The highest BCUT2D eigenvalue weighted by Crippen LogP contribution is 2.21. The third kappa shape index (κ3) is 2.56. The molecule has 5 nitrogen and oxygen atoms in total. The number of nitrogens with two attached hydrogens (primary N) is 1. The third-order valence-electron chi connectivity index (χ3n) is 3.55. The molecule has 2 aliphatic heterocycles. The first-order chi connectivity index (χ1) is 9.22. The zero-order chi connectivity index (χ0) is 13.2. The van der Waals surface area contributed by atoms with Crippen molar-refractivity contribution in [3.63, 3.8) is 0 Å². The number of hydrogen-bond donors (Lipinski definition) is 1. The number of aliphatic imine (C=N–C) groups is 2. The molecule has 5 heteroatoms. The van der Waals surface area contributed by atoms with Crippen molar-refractivity contribution in [2.75, 3.05) is 13.1 Å². The third-order valence-corrected chi connectivity index (χ3v) is 3.55. The molecule has 2 heterocycles. The molecule has 0 unspecified atom stereocenters. The topological polar surface area (TPSA) is 71.0 Å². The number of guanidine groups is 1. The SMILES string of the molecule is NC1=NC(=O)[C@H]2CCN(Cc3ccccc3)CC2=N1. The summed E-state index contributed by atoms with van der Waals surface area (Å²) in [5, 5.41) is 0. The number of likely N-dealkylation sites (tertiary alicyclic amines) is 1. The normalized spacial score (nSPS) is 23.6. The number of rotatable bonds is 2. The second-order valence-electron chi connectivity index (χ2n) is 4.95. The summed E-state index contributed by atoms with van der Waals surface area (Å²) in [5.74, 6) is -0.195. The van der Waals surface area contributed by atoms with E-state index in [1.54, 1.807) is 0 Å². The van der Waals surface area contributed by atoms with Crippen molar-refractivity contribution < 1.29 is 4.79 Å². The first kappa shape index (κ1) is 12.0. The van der Waals surface area contributed by atoms with Gasteiger partial charge in [0.15, 0.2) is 0 Å². The first-order valence-electron chi connectivity index (χ1n) is 6.44. The van der Waals surface area contributed by atoms with Crippen LogP contribution in [0.1, 0.15) is 12.0 Å². The van der Waals surface area contributed by atoms with E-state index in [4.69, 9.17) is 5.73 Å². The summed E-state index contributed by atoms with van der Waals surface area (Å²) in [4.78, 5) is 22.0. The summed E-state index contributed by atoms with van der Waals surface area (Å²) in [6.07, 6.45) is 0.779. The Morgan fingerprint density at radius 2 is 2.05 bits per heavy atom. The molecule has 1 amide bonds. The number of fused-ring (bicyclic) bond motifs is 1. The van der Waals surface area contributed by atoms with E-state index in [2.05, 4.69) is 27.0 Å². The first-order valence-corrected chi connectivity index (χ1v) is 6.44. The molecule has 2 aliphatic rings. The second-order valence-corrected chi connectivity index (χ2v) is 4.95. The summed E-state index contributed by atoms with van der Waals surface area (Å²) in [5.41, 5.74) is 7.68. The Morgan fingerprint density at radius 3 is 2.84 bits per heavy atom. The van der Waals surface area contributed by atoms with Crippen LogP contribution in [-0.2, 0) is 11.3 Å². The van der Waals surface area contributed by atoms with Gasteiger partial charge in [-0.3, -0.25) is 9.69 Å². The van der Waals surface area contributed by atoms with Crippen LogP contribution in [0.5, 0.6) is 0 Å². The fraction of sp³-hybridized carbons (Fsp3) is 0.357. The maximum Gasteiger partial charge on any atom is 0.257 e. The van der Waals surface area contributed by atoms with Crippen molar-refractivity contribution in [3.05, 3.63) is 35.9 Å². The molecule has 3 rings (SSSR count). The molecule has 2 N–H and O–H groups in total. The van der Waals surface area contributed by atoms with Crippen molar-refractivity contribution >= 4 is 17.6 Å². The average molecular weight is 256 g/mol.